The molecule has 3 heteroatoms. The molecule has 4 rings (SSSR count). The summed E-state index contributed by atoms with van der Waals surface area (Å²) in [6.07, 6.45) is 12.4. The Hall–Kier alpha value is -0.560. The first-order valence-corrected chi connectivity index (χ1v) is 9.81. The highest BCUT2D eigenvalue weighted by atomic mass is 16.3. The van der Waals surface area contributed by atoms with Gasteiger partial charge in [0.05, 0.1) is 12.2 Å². The molecule has 0 bridgehead atoms. The molecule has 0 aromatic carbocycles. The van der Waals surface area contributed by atoms with Crippen molar-refractivity contribution >= 4 is 0 Å². The van der Waals surface area contributed by atoms with Crippen molar-refractivity contribution in [3.8, 4) is 12.3 Å². The van der Waals surface area contributed by atoms with Crippen LogP contribution in [0.3, 0.4) is 0 Å². The summed E-state index contributed by atoms with van der Waals surface area (Å²) in [5.41, 5.74) is -1.05. The van der Waals surface area contributed by atoms with Crippen LogP contribution in [0.5, 0.6) is 0 Å². The number of aliphatic hydroxyl groups excluding tert-OH is 2. The van der Waals surface area contributed by atoms with Crippen LogP contribution in [0, 0.1) is 46.8 Å². The molecular weight excluding hydrogens is 300 g/mol. The van der Waals surface area contributed by atoms with Gasteiger partial charge in [-0.3, -0.25) is 0 Å². The molecule has 0 heterocycles. The van der Waals surface area contributed by atoms with Gasteiger partial charge >= 0.3 is 0 Å². The summed E-state index contributed by atoms with van der Waals surface area (Å²) in [5.74, 6) is 4.19. The van der Waals surface area contributed by atoms with Gasteiger partial charge in [0.15, 0.2) is 0 Å². The van der Waals surface area contributed by atoms with Gasteiger partial charge in [-0.2, -0.15) is 0 Å². The van der Waals surface area contributed by atoms with E-state index in [-0.39, 0.29) is 29.0 Å². The van der Waals surface area contributed by atoms with Gasteiger partial charge in [-0.15, -0.1) is 6.42 Å². The fourth-order valence-corrected chi connectivity index (χ4v) is 7.46. The van der Waals surface area contributed by atoms with Crippen molar-refractivity contribution in [2.24, 2.45) is 34.5 Å². The first-order valence-electron chi connectivity index (χ1n) is 9.81. The average Bonchev–Trinajstić information content (AvgIpc) is 2.82. The van der Waals surface area contributed by atoms with Crippen molar-refractivity contribution < 1.29 is 15.3 Å². The van der Waals surface area contributed by atoms with Gasteiger partial charge in [0, 0.05) is 5.41 Å². The highest BCUT2D eigenvalue weighted by Gasteiger charge is 2.66. The molecule has 4 saturated carbocycles. The van der Waals surface area contributed by atoms with Crippen molar-refractivity contribution in [3.05, 3.63) is 0 Å². The smallest absolute Gasteiger partial charge is 0.130 e. The van der Waals surface area contributed by atoms with Crippen LogP contribution in [0.15, 0.2) is 0 Å². The number of aliphatic hydroxyl groups is 3. The molecule has 4 unspecified atom stereocenters. The van der Waals surface area contributed by atoms with Gasteiger partial charge < -0.3 is 15.3 Å². The second kappa shape index (κ2) is 5.22. The molecule has 3 nitrogen and oxygen atoms in total. The molecule has 24 heavy (non-hydrogen) atoms. The molecule has 0 aliphatic heterocycles. The minimum Gasteiger partial charge on any atom is -0.393 e. The van der Waals surface area contributed by atoms with Crippen LogP contribution in [-0.4, -0.2) is 33.1 Å². The molecule has 0 amide bonds. The average molecular weight is 332 g/mol. The topological polar surface area (TPSA) is 60.7 Å². The Morgan fingerprint density at radius 2 is 1.67 bits per heavy atom. The predicted molar refractivity (Wildman–Crippen MR) is 92.9 cm³/mol. The van der Waals surface area contributed by atoms with Gasteiger partial charge in [0.25, 0.3) is 0 Å². The van der Waals surface area contributed by atoms with Gasteiger partial charge in [-0.1, -0.05) is 19.8 Å². The summed E-state index contributed by atoms with van der Waals surface area (Å²) in [5, 5.41) is 32.1. The van der Waals surface area contributed by atoms with E-state index in [4.69, 9.17) is 6.42 Å². The lowest BCUT2D eigenvalue weighted by molar-refractivity contribution is -0.183. The van der Waals surface area contributed by atoms with E-state index in [1.54, 1.807) is 0 Å². The third-order valence-electron chi connectivity index (χ3n) is 9.05. The molecule has 0 saturated heterocycles. The number of rotatable bonds is 0. The van der Waals surface area contributed by atoms with Crippen LogP contribution in [-0.2, 0) is 0 Å². The summed E-state index contributed by atoms with van der Waals surface area (Å²) in [4.78, 5) is 0. The Kier molecular flexibility index (Phi) is 3.67. The maximum atomic E-state index is 11.0. The van der Waals surface area contributed by atoms with Crippen molar-refractivity contribution in [3.63, 3.8) is 0 Å². The van der Waals surface area contributed by atoms with Crippen LogP contribution in [0.4, 0.5) is 0 Å². The van der Waals surface area contributed by atoms with E-state index in [0.717, 1.165) is 44.9 Å². The lowest BCUT2D eigenvalue weighted by Gasteiger charge is -2.62. The molecule has 134 valence electrons. The van der Waals surface area contributed by atoms with Crippen molar-refractivity contribution in [1.82, 2.24) is 0 Å². The van der Waals surface area contributed by atoms with Gasteiger partial charge in [-0.25, -0.2) is 0 Å². The van der Waals surface area contributed by atoms with Crippen molar-refractivity contribution in [2.75, 3.05) is 0 Å². The van der Waals surface area contributed by atoms with E-state index < -0.39 is 5.60 Å². The molecule has 4 aliphatic carbocycles. The third kappa shape index (κ3) is 1.97. The van der Waals surface area contributed by atoms with Crippen LogP contribution < -0.4 is 0 Å². The van der Waals surface area contributed by atoms with E-state index in [0.29, 0.717) is 24.2 Å². The summed E-state index contributed by atoms with van der Waals surface area (Å²) in [6, 6.07) is 0. The van der Waals surface area contributed by atoms with E-state index in [1.165, 1.54) is 0 Å². The summed E-state index contributed by atoms with van der Waals surface area (Å²) >= 11 is 0. The second-order valence-corrected chi connectivity index (χ2v) is 9.72. The summed E-state index contributed by atoms with van der Waals surface area (Å²) in [6.45, 7) is 4.56. The standard InChI is InChI=1S/C21H32O3/c1-4-21(24)10-7-16-18-15(6-9-20(16,21)3)19(2)8-5-14(22)11-13(19)12-17(18)23/h1,13-18,22-24H,5-12H2,2-3H3/t13-,14-,15?,16?,17?,18?,19+,20+,21+/m1/s1. The Balaban J connectivity index is 1.69. The molecule has 4 fully saturated rings. The second-order valence-electron chi connectivity index (χ2n) is 9.72. The molecule has 4 aliphatic rings. The van der Waals surface area contributed by atoms with Gasteiger partial charge in [0.2, 0.25) is 0 Å². The van der Waals surface area contributed by atoms with E-state index in [1.807, 2.05) is 0 Å². The van der Waals surface area contributed by atoms with Crippen LogP contribution in [0.2, 0.25) is 0 Å². The van der Waals surface area contributed by atoms with E-state index in [2.05, 4.69) is 19.8 Å². The van der Waals surface area contributed by atoms with E-state index in [9.17, 15) is 15.3 Å². The minimum atomic E-state index is -1.01. The minimum absolute atomic E-state index is 0.196. The maximum Gasteiger partial charge on any atom is 0.130 e. The highest BCUT2D eigenvalue weighted by Crippen LogP contribution is 2.68. The number of hydrogen-bond donors (Lipinski definition) is 3. The van der Waals surface area contributed by atoms with Gasteiger partial charge in [-0.05, 0) is 80.5 Å². The predicted octanol–water partition coefficient (Wildman–Crippen LogP) is 2.73. The molecule has 0 aromatic rings. The van der Waals surface area contributed by atoms with Crippen molar-refractivity contribution in [2.45, 2.75) is 83.0 Å². The highest BCUT2D eigenvalue weighted by molar-refractivity contribution is 5.24. The first kappa shape index (κ1) is 16.9. The quantitative estimate of drug-likeness (QED) is 0.598. The van der Waals surface area contributed by atoms with Crippen LogP contribution in [0.25, 0.3) is 0 Å². The lowest BCUT2D eigenvalue weighted by atomic mass is 9.43. The monoisotopic (exact) mass is 332 g/mol. The molecule has 0 aromatic heterocycles. The number of hydrogen-bond acceptors (Lipinski definition) is 3. The Morgan fingerprint density at radius 1 is 0.958 bits per heavy atom. The summed E-state index contributed by atoms with van der Waals surface area (Å²) < 4.78 is 0. The molecule has 9 atom stereocenters. The molecular formula is C21H32O3. The Labute approximate surface area is 145 Å². The van der Waals surface area contributed by atoms with E-state index >= 15 is 0 Å². The van der Waals surface area contributed by atoms with Crippen LogP contribution >= 0.6 is 0 Å². The normalized spacial score (nSPS) is 59.8. The zero-order valence-electron chi connectivity index (χ0n) is 15.0. The Morgan fingerprint density at radius 3 is 2.38 bits per heavy atom. The first-order chi connectivity index (χ1) is 11.2. The zero-order valence-corrected chi connectivity index (χ0v) is 15.0. The fraction of sp³-hybridized carbons (Fsp3) is 0.905. The SMILES string of the molecule is C#C[C@]1(O)CCC2C3C(O)C[C@H]4C[C@H](O)CC[C@]4(C)C3CC[C@@]21C. The third-order valence-corrected chi connectivity index (χ3v) is 9.05. The van der Waals surface area contributed by atoms with Crippen LogP contribution in [0.1, 0.15) is 65.2 Å². The summed E-state index contributed by atoms with van der Waals surface area (Å²) in [7, 11) is 0. The largest absolute Gasteiger partial charge is 0.393 e. The van der Waals surface area contributed by atoms with Crippen molar-refractivity contribution in [1.29, 1.82) is 0 Å². The number of fused-ring (bicyclic) bond motifs is 5. The molecule has 0 radical (unpaired) electrons. The maximum absolute atomic E-state index is 11.0. The van der Waals surface area contributed by atoms with Gasteiger partial charge in [0.1, 0.15) is 5.60 Å². The number of terminal acetylenes is 1. The Bertz CT molecular complexity index is 568. The fourth-order valence-electron chi connectivity index (χ4n) is 7.46. The zero-order chi connectivity index (χ0) is 17.3. The lowest BCUT2D eigenvalue weighted by Crippen LogP contribution is -2.60. The molecule has 0 spiro atoms. The molecule has 3 N–H and O–H groups in total.